The first-order valence-electron chi connectivity index (χ1n) is 9.44. The number of hydrogen-bond donors (Lipinski definition) is 2. The van der Waals surface area contributed by atoms with Gasteiger partial charge >= 0.3 is 0 Å². The molecule has 150 valence electrons. The molecule has 0 spiro atoms. The van der Waals surface area contributed by atoms with E-state index in [0.29, 0.717) is 11.2 Å². The van der Waals surface area contributed by atoms with Gasteiger partial charge in [0.05, 0.1) is 16.8 Å². The second kappa shape index (κ2) is 7.48. The summed E-state index contributed by atoms with van der Waals surface area (Å²) < 4.78 is 14.9. The Hall–Kier alpha value is -3.93. The van der Waals surface area contributed by atoms with E-state index in [-0.39, 0.29) is 28.3 Å². The summed E-state index contributed by atoms with van der Waals surface area (Å²) in [6, 6.07) is 16.3. The van der Waals surface area contributed by atoms with E-state index in [1.807, 2.05) is 32.0 Å². The standard InChI is InChI=1S/C24H20FN3O2/c1-14-6-7-15(2)18(13-14)27-24(30)20-19-5-3-4-12-28(19)22(21(20)26)23(29)16-8-10-17(25)11-9-16/h3-13H,26H2,1-2H3,(H,27,30). The number of ketones is 1. The van der Waals surface area contributed by atoms with E-state index in [9.17, 15) is 14.0 Å². The molecular formula is C24H20FN3O2. The number of nitrogens with two attached hydrogens (primary N) is 1. The molecule has 1 amide bonds. The molecule has 0 bridgehead atoms. The van der Waals surface area contributed by atoms with E-state index < -0.39 is 11.7 Å². The van der Waals surface area contributed by atoms with Crippen molar-refractivity contribution < 1.29 is 14.0 Å². The van der Waals surface area contributed by atoms with Crippen LogP contribution in [0.25, 0.3) is 5.52 Å². The van der Waals surface area contributed by atoms with Crippen LogP contribution in [0.3, 0.4) is 0 Å². The number of benzene rings is 2. The summed E-state index contributed by atoms with van der Waals surface area (Å²) in [6.45, 7) is 3.84. The zero-order valence-corrected chi connectivity index (χ0v) is 16.6. The quantitative estimate of drug-likeness (QED) is 0.484. The van der Waals surface area contributed by atoms with Gasteiger partial charge in [-0.3, -0.25) is 9.59 Å². The predicted octanol–water partition coefficient (Wildman–Crippen LogP) is 4.76. The number of rotatable bonds is 4. The number of nitrogens with one attached hydrogen (secondary N) is 1. The summed E-state index contributed by atoms with van der Waals surface area (Å²) in [6.07, 6.45) is 1.68. The lowest BCUT2D eigenvalue weighted by molar-refractivity contribution is 0.102. The number of pyridine rings is 1. The minimum Gasteiger partial charge on any atom is -0.396 e. The number of aryl methyl sites for hydroxylation is 2. The van der Waals surface area contributed by atoms with Crippen molar-refractivity contribution in [1.29, 1.82) is 0 Å². The number of carbonyl (C=O) groups is 2. The highest BCUT2D eigenvalue weighted by molar-refractivity contribution is 6.20. The van der Waals surface area contributed by atoms with Crippen LogP contribution in [-0.4, -0.2) is 16.1 Å². The Morgan fingerprint density at radius 2 is 1.73 bits per heavy atom. The largest absolute Gasteiger partial charge is 0.396 e. The molecule has 0 fully saturated rings. The average molecular weight is 401 g/mol. The lowest BCUT2D eigenvalue weighted by atomic mass is 10.1. The second-order valence-corrected chi connectivity index (χ2v) is 7.20. The van der Waals surface area contributed by atoms with Crippen molar-refractivity contribution in [1.82, 2.24) is 4.40 Å². The van der Waals surface area contributed by atoms with Crippen LogP contribution in [0, 0.1) is 19.7 Å². The Bertz CT molecular complexity index is 1290. The second-order valence-electron chi connectivity index (χ2n) is 7.20. The van der Waals surface area contributed by atoms with Gasteiger partial charge in [-0.05, 0) is 67.4 Å². The van der Waals surface area contributed by atoms with Gasteiger partial charge < -0.3 is 15.5 Å². The maximum Gasteiger partial charge on any atom is 0.259 e. The Morgan fingerprint density at radius 1 is 1.00 bits per heavy atom. The fourth-order valence-electron chi connectivity index (χ4n) is 3.49. The Morgan fingerprint density at radius 3 is 2.47 bits per heavy atom. The van der Waals surface area contributed by atoms with Gasteiger partial charge in [-0.2, -0.15) is 0 Å². The van der Waals surface area contributed by atoms with Gasteiger partial charge in [-0.25, -0.2) is 4.39 Å². The molecule has 4 rings (SSSR count). The van der Waals surface area contributed by atoms with Gasteiger partial charge in [0.2, 0.25) is 5.78 Å². The monoisotopic (exact) mass is 401 g/mol. The summed E-state index contributed by atoms with van der Waals surface area (Å²) in [7, 11) is 0. The fourth-order valence-corrected chi connectivity index (χ4v) is 3.49. The molecule has 0 unspecified atom stereocenters. The fraction of sp³-hybridized carbons (Fsp3) is 0.0833. The minimum absolute atomic E-state index is 0.0818. The number of anilines is 2. The van der Waals surface area contributed by atoms with Crippen molar-refractivity contribution in [3.63, 3.8) is 0 Å². The lowest BCUT2D eigenvalue weighted by Gasteiger charge is -2.09. The zero-order valence-electron chi connectivity index (χ0n) is 16.6. The molecule has 6 heteroatoms. The molecule has 2 aromatic carbocycles. The molecule has 0 saturated heterocycles. The molecule has 5 nitrogen and oxygen atoms in total. The number of nitrogen functional groups attached to an aromatic ring is 1. The van der Waals surface area contributed by atoms with Crippen LogP contribution in [0.1, 0.15) is 37.5 Å². The van der Waals surface area contributed by atoms with Crippen molar-refractivity contribution in [3.8, 4) is 0 Å². The van der Waals surface area contributed by atoms with Crippen molar-refractivity contribution in [2.45, 2.75) is 13.8 Å². The van der Waals surface area contributed by atoms with Gasteiger partial charge in [0, 0.05) is 17.4 Å². The number of hydrogen-bond acceptors (Lipinski definition) is 3. The third kappa shape index (κ3) is 3.33. The number of aromatic nitrogens is 1. The van der Waals surface area contributed by atoms with Crippen LogP contribution in [0.15, 0.2) is 66.9 Å². The predicted molar refractivity (Wildman–Crippen MR) is 116 cm³/mol. The minimum atomic E-state index is -0.437. The first kappa shape index (κ1) is 19.4. The van der Waals surface area contributed by atoms with Crippen molar-refractivity contribution in [2.75, 3.05) is 11.1 Å². The van der Waals surface area contributed by atoms with E-state index in [4.69, 9.17) is 5.73 Å². The SMILES string of the molecule is Cc1ccc(C)c(NC(=O)c2c(N)c(C(=O)c3ccc(F)cc3)n3ccccc23)c1. The summed E-state index contributed by atoms with van der Waals surface area (Å²) >= 11 is 0. The Labute approximate surface area is 173 Å². The zero-order chi connectivity index (χ0) is 21.4. The molecule has 3 N–H and O–H groups in total. The van der Waals surface area contributed by atoms with Gasteiger partial charge in [0.1, 0.15) is 11.5 Å². The summed E-state index contributed by atoms with van der Waals surface area (Å²) in [5.41, 5.74) is 10.2. The number of carbonyl (C=O) groups excluding carboxylic acids is 2. The first-order chi connectivity index (χ1) is 14.4. The maximum absolute atomic E-state index is 13.3. The van der Waals surface area contributed by atoms with Crippen LogP contribution < -0.4 is 11.1 Å². The highest BCUT2D eigenvalue weighted by Gasteiger charge is 2.26. The molecule has 0 aliphatic heterocycles. The Kier molecular flexibility index (Phi) is 4.83. The van der Waals surface area contributed by atoms with Gasteiger partial charge in [-0.15, -0.1) is 0 Å². The van der Waals surface area contributed by atoms with Crippen molar-refractivity contribution in [2.24, 2.45) is 0 Å². The summed E-state index contributed by atoms with van der Waals surface area (Å²) in [5.74, 6) is -1.23. The lowest BCUT2D eigenvalue weighted by Crippen LogP contribution is -2.15. The summed E-state index contributed by atoms with van der Waals surface area (Å²) in [4.78, 5) is 26.3. The third-order valence-electron chi connectivity index (χ3n) is 5.07. The average Bonchev–Trinajstić information content (AvgIpc) is 3.02. The number of amides is 1. The van der Waals surface area contributed by atoms with E-state index in [1.54, 1.807) is 28.8 Å². The van der Waals surface area contributed by atoms with Crippen LogP contribution in [0.4, 0.5) is 15.8 Å². The highest BCUT2D eigenvalue weighted by atomic mass is 19.1. The van der Waals surface area contributed by atoms with E-state index >= 15 is 0 Å². The van der Waals surface area contributed by atoms with Crippen LogP contribution in [-0.2, 0) is 0 Å². The first-order valence-corrected chi connectivity index (χ1v) is 9.44. The number of nitrogens with zero attached hydrogens (tertiary/aromatic N) is 1. The molecule has 30 heavy (non-hydrogen) atoms. The molecule has 0 saturated carbocycles. The molecule has 0 atom stereocenters. The molecular weight excluding hydrogens is 381 g/mol. The topological polar surface area (TPSA) is 76.6 Å². The van der Waals surface area contributed by atoms with Gasteiger partial charge in [0.25, 0.3) is 5.91 Å². The molecule has 0 radical (unpaired) electrons. The molecule has 2 aromatic heterocycles. The summed E-state index contributed by atoms with van der Waals surface area (Å²) in [5, 5.41) is 2.91. The molecule has 0 aliphatic carbocycles. The van der Waals surface area contributed by atoms with Crippen LogP contribution in [0.5, 0.6) is 0 Å². The van der Waals surface area contributed by atoms with Gasteiger partial charge in [0.15, 0.2) is 0 Å². The van der Waals surface area contributed by atoms with Crippen LogP contribution in [0.2, 0.25) is 0 Å². The normalized spacial score (nSPS) is 10.9. The third-order valence-corrected chi connectivity index (χ3v) is 5.07. The van der Waals surface area contributed by atoms with E-state index in [0.717, 1.165) is 11.1 Å². The maximum atomic E-state index is 13.3. The highest BCUT2D eigenvalue weighted by Crippen LogP contribution is 2.30. The Balaban J connectivity index is 1.82. The van der Waals surface area contributed by atoms with E-state index in [1.165, 1.54) is 24.3 Å². The van der Waals surface area contributed by atoms with E-state index in [2.05, 4.69) is 5.32 Å². The smallest absolute Gasteiger partial charge is 0.259 e. The molecule has 4 aromatic rings. The number of fused-ring (bicyclic) bond motifs is 1. The number of halogens is 1. The van der Waals surface area contributed by atoms with Crippen molar-refractivity contribution >= 4 is 28.6 Å². The van der Waals surface area contributed by atoms with Crippen molar-refractivity contribution in [3.05, 3.63) is 101 Å². The van der Waals surface area contributed by atoms with Gasteiger partial charge in [-0.1, -0.05) is 18.2 Å². The molecule has 0 aliphatic rings. The molecule has 2 heterocycles. The van der Waals surface area contributed by atoms with Crippen LogP contribution >= 0.6 is 0 Å².